The Kier molecular flexibility index (Phi) is 5.05. The average Bonchev–Trinajstić information content (AvgIpc) is 2.98. The van der Waals surface area contributed by atoms with E-state index in [-0.39, 0.29) is 18.0 Å². The van der Waals surface area contributed by atoms with E-state index in [4.69, 9.17) is 10.5 Å². The normalized spacial score (nSPS) is 24.9. The molecule has 0 bridgehead atoms. The summed E-state index contributed by atoms with van der Waals surface area (Å²) >= 11 is 0. The summed E-state index contributed by atoms with van der Waals surface area (Å²) in [6.45, 7) is 2.52. The highest BCUT2D eigenvalue weighted by molar-refractivity contribution is 5.85. The van der Waals surface area contributed by atoms with Crippen molar-refractivity contribution in [3.8, 4) is 0 Å². The Morgan fingerprint density at radius 1 is 1.38 bits per heavy atom. The topological polar surface area (TPSA) is 87.9 Å². The fourth-order valence-electron chi connectivity index (χ4n) is 2.99. The number of nitrogens with two attached hydrogens (primary N) is 1. The Labute approximate surface area is 125 Å². The van der Waals surface area contributed by atoms with Gasteiger partial charge in [-0.05, 0) is 25.7 Å². The number of urea groups is 1. The molecular weight excluding hydrogens is 272 g/mol. The number of carbonyl (C=O) groups is 2. The van der Waals surface area contributed by atoms with Crippen LogP contribution in [0.2, 0.25) is 0 Å². The number of primary amides is 1. The van der Waals surface area contributed by atoms with Crippen molar-refractivity contribution in [1.82, 2.24) is 15.1 Å². The molecule has 2 rings (SSSR count). The lowest BCUT2D eigenvalue weighted by molar-refractivity contribution is -0.126. The summed E-state index contributed by atoms with van der Waals surface area (Å²) in [6, 6.07) is -0.0211. The van der Waals surface area contributed by atoms with Crippen molar-refractivity contribution in [3.05, 3.63) is 0 Å². The van der Waals surface area contributed by atoms with Gasteiger partial charge in [0.05, 0.1) is 6.10 Å². The minimum atomic E-state index is -0.713. The van der Waals surface area contributed by atoms with E-state index in [9.17, 15) is 9.59 Å². The van der Waals surface area contributed by atoms with Gasteiger partial charge in [0.25, 0.3) is 0 Å². The molecular formula is C14H26N4O3. The molecule has 2 aliphatic rings. The molecule has 2 aliphatic heterocycles. The molecule has 0 aliphatic carbocycles. The zero-order chi connectivity index (χ0) is 15.5. The molecule has 0 spiro atoms. The standard InChI is InChI=1S/C14H26N4O3/c1-17(2)13(20)18-7-5-14(6-8-18,12(15)19)16-10-11-4-3-9-21-11/h11,16H,3-10H2,1-2H3,(H2,15,19). The van der Waals surface area contributed by atoms with Gasteiger partial charge in [0, 0.05) is 40.3 Å². The van der Waals surface area contributed by atoms with Crippen LogP contribution < -0.4 is 11.1 Å². The maximum Gasteiger partial charge on any atom is 0.319 e. The number of nitrogens with one attached hydrogen (secondary N) is 1. The minimum Gasteiger partial charge on any atom is -0.377 e. The molecule has 2 saturated heterocycles. The molecule has 0 saturated carbocycles. The maximum atomic E-state index is 11.9. The second-order valence-electron chi connectivity index (χ2n) is 6.13. The summed E-state index contributed by atoms with van der Waals surface area (Å²) in [5, 5.41) is 3.31. The zero-order valence-corrected chi connectivity index (χ0v) is 12.9. The van der Waals surface area contributed by atoms with Gasteiger partial charge in [-0.15, -0.1) is 0 Å². The van der Waals surface area contributed by atoms with E-state index in [1.165, 1.54) is 0 Å². The molecule has 1 atom stereocenters. The van der Waals surface area contributed by atoms with Crippen LogP contribution in [0, 0.1) is 0 Å². The molecule has 2 fully saturated rings. The molecule has 7 heteroatoms. The van der Waals surface area contributed by atoms with Crippen molar-refractivity contribution in [2.75, 3.05) is 40.3 Å². The quantitative estimate of drug-likeness (QED) is 0.749. The van der Waals surface area contributed by atoms with E-state index >= 15 is 0 Å². The van der Waals surface area contributed by atoms with E-state index in [1.807, 2.05) is 0 Å². The molecule has 0 aromatic carbocycles. The van der Waals surface area contributed by atoms with Gasteiger partial charge in [-0.2, -0.15) is 0 Å². The van der Waals surface area contributed by atoms with Crippen LogP contribution in [-0.2, 0) is 9.53 Å². The Morgan fingerprint density at radius 3 is 2.52 bits per heavy atom. The Balaban J connectivity index is 1.91. The van der Waals surface area contributed by atoms with Crippen molar-refractivity contribution in [2.24, 2.45) is 5.73 Å². The van der Waals surface area contributed by atoms with Crippen LogP contribution in [-0.4, -0.2) is 73.7 Å². The van der Waals surface area contributed by atoms with Crippen LogP contribution >= 0.6 is 0 Å². The summed E-state index contributed by atoms with van der Waals surface area (Å²) in [5.41, 5.74) is 4.90. The van der Waals surface area contributed by atoms with Crippen LogP contribution in [0.5, 0.6) is 0 Å². The van der Waals surface area contributed by atoms with Gasteiger partial charge in [-0.3, -0.25) is 4.79 Å². The zero-order valence-electron chi connectivity index (χ0n) is 12.9. The van der Waals surface area contributed by atoms with Crippen LogP contribution in [0.3, 0.4) is 0 Å². The second kappa shape index (κ2) is 6.62. The Bertz CT molecular complexity index is 386. The van der Waals surface area contributed by atoms with Crippen molar-refractivity contribution < 1.29 is 14.3 Å². The molecule has 2 heterocycles. The minimum absolute atomic E-state index is 0.0211. The molecule has 0 aromatic heterocycles. The molecule has 7 nitrogen and oxygen atoms in total. The third-order valence-electron chi connectivity index (χ3n) is 4.43. The van der Waals surface area contributed by atoms with Gasteiger partial charge in [-0.1, -0.05) is 0 Å². The predicted molar refractivity (Wildman–Crippen MR) is 78.8 cm³/mol. The van der Waals surface area contributed by atoms with Crippen molar-refractivity contribution in [3.63, 3.8) is 0 Å². The number of nitrogens with zero attached hydrogens (tertiary/aromatic N) is 2. The van der Waals surface area contributed by atoms with Gasteiger partial charge in [0.2, 0.25) is 5.91 Å². The van der Waals surface area contributed by atoms with E-state index < -0.39 is 5.54 Å². The fourth-order valence-corrected chi connectivity index (χ4v) is 2.99. The first-order chi connectivity index (χ1) is 9.94. The molecule has 3 N–H and O–H groups in total. The maximum absolute atomic E-state index is 11.9. The number of piperidine rings is 1. The number of amides is 3. The molecule has 3 amide bonds. The molecule has 0 aromatic rings. The lowest BCUT2D eigenvalue weighted by atomic mass is 9.86. The number of carbonyl (C=O) groups excluding carboxylic acids is 2. The lowest BCUT2D eigenvalue weighted by Crippen LogP contribution is -2.63. The van der Waals surface area contributed by atoms with Crippen molar-refractivity contribution in [1.29, 1.82) is 0 Å². The average molecular weight is 298 g/mol. The van der Waals surface area contributed by atoms with E-state index in [0.717, 1.165) is 19.4 Å². The third kappa shape index (κ3) is 3.65. The lowest BCUT2D eigenvalue weighted by Gasteiger charge is -2.41. The van der Waals surface area contributed by atoms with Gasteiger partial charge in [-0.25, -0.2) is 4.79 Å². The van der Waals surface area contributed by atoms with Crippen LogP contribution in [0.25, 0.3) is 0 Å². The highest BCUT2D eigenvalue weighted by Gasteiger charge is 2.41. The Hall–Kier alpha value is -1.34. The van der Waals surface area contributed by atoms with Crippen molar-refractivity contribution >= 4 is 11.9 Å². The summed E-state index contributed by atoms with van der Waals surface area (Å²) in [7, 11) is 3.46. The largest absolute Gasteiger partial charge is 0.377 e. The summed E-state index contributed by atoms with van der Waals surface area (Å²) in [6.07, 6.45) is 3.36. The summed E-state index contributed by atoms with van der Waals surface area (Å²) in [5.74, 6) is -0.336. The third-order valence-corrected chi connectivity index (χ3v) is 4.43. The first-order valence-corrected chi connectivity index (χ1v) is 7.57. The van der Waals surface area contributed by atoms with Gasteiger partial charge in [0.1, 0.15) is 5.54 Å². The van der Waals surface area contributed by atoms with Crippen LogP contribution in [0.1, 0.15) is 25.7 Å². The van der Waals surface area contributed by atoms with Crippen LogP contribution in [0.4, 0.5) is 4.79 Å². The highest BCUT2D eigenvalue weighted by Crippen LogP contribution is 2.23. The molecule has 1 unspecified atom stereocenters. The van der Waals surface area contributed by atoms with E-state index in [0.29, 0.717) is 32.5 Å². The van der Waals surface area contributed by atoms with Crippen molar-refractivity contribution in [2.45, 2.75) is 37.3 Å². The van der Waals surface area contributed by atoms with Gasteiger partial charge in [0.15, 0.2) is 0 Å². The molecule has 21 heavy (non-hydrogen) atoms. The first kappa shape index (κ1) is 16.0. The number of ether oxygens (including phenoxy) is 1. The number of rotatable bonds is 4. The van der Waals surface area contributed by atoms with E-state index in [1.54, 1.807) is 23.9 Å². The smallest absolute Gasteiger partial charge is 0.319 e. The van der Waals surface area contributed by atoms with Gasteiger partial charge < -0.3 is 25.6 Å². The second-order valence-corrected chi connectivity index (χ2v) is 6.13. The fraction of sp³-hybridized carbons (Fsp3) is 0.857. The number of hydrogen-bond donors (Lipinski definition) is 2. The van der Waals surface area contributed by atoms with Gasteiger partial charge >= 0.3 is 6.03 Å². The first-order valence-electron chi connectivity index (χ1n) is 7.57. The summed E-state index contributed by atoms with van der Waals surface area (Å²) < 4.78 is 5.57. The number of likely N-dealkylation sites (tertiary alicyclic amines) is 1. The van der Waals surface area contributed by atoms with Crippen LogP contribution in [0.15, 0.2) is 0 Å². The monoisotopic (exact) mass is 298 g/mol. The molecule has 0 radical (unpaired) electrons. The predicted octanol–water partition coefficient (Wildman–Crippen LogP) is -0.243. The molecule has 120 valence electrons. The van der Waals surface area contributed by atoms with E-state index in [2.05, 4.69) is 5.32 Å². The number of hydrogen-bond acceptors (Lipinski definition) is 4. The summed E-state index contributed by atoms with van der Waals surface area (Å²) in [4.78, 5) is 27.1. The Morgan fingerprint density at radius 2 is 2.05 bits per heavy atom. The SMILES string of the molecule is CN(C)C(=O)N1CCC(NCC2CCCO2)(C(N)=O)CC1. The highest BCUT2D eigenvalue weighted by atomic mass is 16.5.